The normalized spacial score (nSPS) is 18.8. The first kappa shape index (κ1) is 13.6. The van der Waals surface area contributed by atoms with Crippen molar-refractivity contribution in [1.82, 2.24) is 19.4 Å². The Balaban J connectivity index is 1.93. The van der Waals surface area contributed by atoms with Crippen molar-refractivity contribution in [3.8, 4) is 0 Å². The van der Waals surface area contributed by atoms with Gasteiger partial charge >= 0.3 is 0 Å². The lowest BCUT2D eigenvalue weighted by Crippen LogP contribution is -2.41. The van der Waals surface area contributed by atoms with Gasteiger partial charge < -0.3 is 9.47 Å². The molecule has 0 bridgehead atoms. The summed E-state index contributed by atoms with van der Waals surface area (Å²) in [6.45, 7) is 7.61. The molecule has 102 valence electrons. The van der Waals surface area contributed by atoms with Gasteiger partial charge in [-0.15, -0.1) is 0 Å². The minimum atomic E-state index is 0.756. The van der Waals surface area contributed by atoms with Gasteiger partial charge in [-0.2, -0.15) is 0 Å². The predicted octanol–water partition coefficient (Wildman–Crippen LogP) is 1.56. The number of piperidine rings is 1. The van der Waals surface area contributed by atoms with E-state index >= 15 is 0 Å². The third-order valence-corrected chi connectivity index (χ3v) is 4.36. The molecule has 4 heteroatoms. The molecule has 18 heavy (non-hydrogen) atoms. The molecule has 1 fully saturated rings. The van der Waals surface area contributed by atoms with Gasteiger partial charge in [0, 0.05) is 31.9 Å². The fourth-order valence-electron chi connectivity index (χ4n) is 2.72. The molecular formula is C14H26N4. The molecule has 2 heterocycles. The average Bonchev–Trinajstić information content (AvgIpc) is 2.58. The number of hydrogen-bond acceptors (Lipinski definition) is 3. The topological polar surface area (TPSA) is 24.3 Å². The highest BCUT2D eigenvalue weighted by Crippen LogP contribution is 2.17. The van der Waals surface area contributed by atoms with Crippen LogP contribution in [0, 0.1) is 13.8 Å². The molecule has 2 rings (SSSR count). The monoisotopic (exact) mass is 250 g/mol. The van der Waals surface area contributed by atoms with Crippen LogP contribution in [0.5, 0.6) is 0 Å². The standard InChI is InChI=1S/C14H26N4/c1-11-12(2)17(5)14(15-11)10-18-8-6-13(7-9-18)16(3)4/h13H,6-10H2,1-5H3. The van der Waals surface area contributed by atoms with Crippen molar-refractivity contribution in [1.29, 1.82) is 0 Å². The second-order valence-corrected chi connectivity index (χ2v) is 5.73. The molecule has 0 saturated carbocycles. The Labute approximate surface area is 111 Å². The molecule has 0 amide bonds. The Morgan fingerprint density at radius 2 is 1.83 bits per heavy atom. The zero-order valence-corrected chi connectivity index (χ0v) is 12.4. The minimum absolute atomic E-state index is 0.756. The lowest BCUT2D eigenvalue weighted by atomic mass is 10.0. The molecule has 4 nitrogen and oxygen atoms in total. The van der Waals surface area contributed by atoms with Gasteiger partial charge in [-0.25, -0.2) is 4.98 Å². The fourth-order valence-corrected chi connectivity index (χ4v) is 2.72. The first-order valence-corrected chi connectivity index (χ1v) is 6.86. The Bertz CT molecular complexity index is 400. The van der Waals surface area contributed by atoms with Crippen LogP contribution in [-0.2, 0) is 13.6 Å². The maximum Gasteiger partial charge on any atom is 0.123 e. The summed E-state index contributed by atoms with van der Waals surface area (Å²) in [7, 11) is 6.49. The highest BCUT2D eigenvalue weighted by Gasteiger charge is 2.21. The molecule has 0 N–H and O–H groups in total. The maximum atomic E-state index is 4.67. The van der Waals surface area contributed by atoms with E-state index in [0.29, 0.717) is 0 Å². The molecule has 0 aromatic carbocycles. The summed E-state index contributed by atoms with van der Waals surface area (Å²) in [5, 5.41) is 0. The van der Waals surface area contributed by atoms with Gasteiger partial charge in [0.05, 0.1) is 12.2 Å². The average molecular weight is 250 g/mol. The van der Waals surface area contributed by atoms with E-state index in [1.165, 1.54) is 37.4 Å². The molecule has 0 atom stereocenters. The van der Waals surface area contributed by atoms with Gasteiger partial charge in [0.2, 0.25) is 0 Å². The van der Waals surface area contributed by atoms with Crippen LogP contribution in [0.15, 0.2) is 0 Å². The van der Waals surface area contributed by atoms with Crippen LogP contribution in [0.3, 0.4) is 0 Å². The first-order chi connectivity index (χ1) is 8.49. The Morgan fingerprint density at radius 3 is 2.28 bits per heavy atom. The van der Waals surface area contributed by atoms with Gasteiger partial charge in [0.15, 0.2) is 0 Å². The number of aryl methyl sites for hydroxylation is 1. The van der Waals surface area contributed by atoms with Crippen LogP contribution >= 0.6 is 0 Å². The Kier molecular flexibility index (Phi) is 4.07. The lowest BCUT2D eigenvalue weighted by Gasteiger charge is -2.34. The van der Waals surface area contributed by atoms with Crippen molar-refractivity contribution in [2.45, 2.75) is 39.3 Å². The van der Waals surface area contributed by atoms with E-state index in [0.717, 1.165) is 18.3 Å². The van der Waals surface area contributed by atoms with Crippen LogP contribution < -0.4 is 0 Å². The molecule has 1 aliphatic heterocycles. The summed E-state index contributed by atoms with van der Waals surface area (Å²) in [4.78, 5) is 9.55. The quantitative estimate of drug-likeness (QED) is 0.814. The highest BCUT2D eigenvalue weighted by molar-refractivity contribution is 5.13. The zero-order chi connectivity index (χ0) is 13.3. The van der Waals surface area contributed by atoms with Crippen LogP contribution in [-0.4, -0.2) is 52.6 Å². The first-order valence-electron chi connectivity index (χ1n) is 6.86. The van der Waals surface area contributed by atoms with E-state index in [1.54, 1.807) is 0 Å². The SMILES string of the molecule is Cc1nc(CN2CCC(N(C)C)CC2)n(C)c1C. The van der Waals surface area contributed by atoms with Crippen molar-refractivity contribution in [2.24, 2.45) is 7.05 Å². The van der Waals surface area contributed by atoms with E-state index < -0.39 is 0 Å². The molecule has 1 aliphatic rings. The van der Waals surface area contributed by atoms with Crippen LogP contribution in [0.4, 0.5) is 0 Å². The number of aromatic nitrogens is 2. The van der Waals surface area contributed by atoms with Crippen molar-refractivity contribution >= 4 is 0 Å². The third-order valence-electron chi connectivity index (χ3n) is 4.36. The second kappa shape index (κ2) is 5.41. The minimum Gasteiger partial charge on any atom is -0.334 e. The van der Waals surface area contributed by atoms with Crippen LogP contribution in [0.2, 0.25) is 0 Å². The number of imidazole rings is 1. The second-order valence-electron chi connectivity index (χ2n) is 5.73. The molecule has 0 radical (unpaired) electrons. The van der Waals surface area contributed by atoms with E-state index in [2.05, 4.69) is 54.3 Å². The van der Waals surface area contributed by atoms with Gasteiger partial charge in [0.1, 0.15) is 5.82 Å². The summed E-state index contributed by atoms with van der Waals surface area (Å²) < 4.78 is 2.23. The smallest absolute Gasteiger partial charge is 0.123 e. The van der Waals surface area contributed by atoms with E-state index in [-0.39, 0.29) is 0 Å². The number of hydrogen-bond donors (Lipinski definition) is 0. The van der Waals surface area contributed by atoms with E-state index in [9.17, 15) is 0 Å². The van der Waals surface area contributed by atoms with Crippen molar-refractivity contribution in [3.63, 3.8) is 0 Å². The van der Waals surface area contributed by atoms with Gasteiger partial charge in [-0.05, 0) is 40.8 Å². The molecule has 1 aromatic rings. The predicted molar refractivity (Wildman–Crippen MR) is 74.7 cm³/mol. The van der Waals surface area contributed by atoms with Gasteiger partial charge in [-0.3, -0.25) is 4.90 Å². The van der Waals surface area contributed by atoms with E-state index in [4.69, 9.17) is 0 Å². The molecule has 0 aliphatic carbocycles. The third kappa shape index (κ3) is 2.75. The summed E-state index contributed by atoms with van der Waals surface area (Å²) in [6, 6.07) is 0.756. The summed E-state index contributed by atoms with van der Waals surface area (Å²) in [5.41, 5.74) is 2.45. The van der Waals surface area contributed by atoms with Crippen molar-refractivity contribution in [3.05, 3.63) is 17.2 Å². The summed E-state index contributed by atoms with van der Waals surface area (Å²) in [5.74, 6) is 1.20. The van der Waals surface area contributed by atoms with Gasteiger partial charge in [0.25, 0.3) is 0 Å². The molecule has 0 spiro atoms. The Hall–Kier alpha value is -0.870. The zero-order valence-electron chi connectivity index (χ0n) is 12.4. The largest absolute Gasteiger partial charge is 0.334 e. The Morgan fingerprint density at radius 1 is 1.22 bits per heavy atom. The lowest BCUT2D eigenvalue weighted by molar-refractivity contribution is 0.137. The fraction of sp³-hybridized carbons (Fsp3) is 0.786. The molecule has 0 unspecified atom stereocenters. The van der Waals surface area contributed by atoms with Crippen LogP contribution in [0.25, 0.3) is 0 Å². The molecule has 1 saturated heterocycles. The summed E-state index contributed by atoms with van der Waals surface area (Å²) in [6.07, 6.45) is 2.55. The number of nitrogens with zero attached hydrogens (tertiary/aromatic N) is 4. The number of likely N-dealkylation sites (tertiary alicyclic amines) is 1. The van der Waals surface area contributed by atoms with Gasteiger partial charge in [-0.1, -0.05) is 0 Å². The highest BCUT2D eigenvalue weighted by atomic mass is 15.2. The number of rotatable bonds is 3. The van der Waals surface area contributed by atoms with Crippen LogP contribution in [0.1, 0.15) is 30.1 Å². The molecular weight excluding hydrogens is 224 g/mol. The van der Waals surface area contributed by atoms with Crippen molar-refractivity contribution < 1.29 is 0 Å². The summed E-state index contributed by atoms with van der Waals surface area (Å²) >= 11 is 0. The van der Waals surface area contributed by atoms with Crippen molar-refractivity contribution in [2.75, 3.05) is 27.2 Å². The maximum absolute atomic E-state index is 4.67. The molecule has 1 aromatic heterocycles. The van der Waals surface area contributed by atoms with E-state index in [1.807, 2.05) is 0 Å².